The first-order chi connectivity index (χ1) is 10.2. The van der Waals surface area contributed by atoms with E-state index in [4.69, 9.17) is 0 Å². The molecule has 1 aromatic heterocycles. The van der Waals surface area contributed by atoms with Crippen LogP contribution >= 0.6 is 0 Å². The van der Waals surface area contributed by atoms with Gasteiger partial charge in [0.15, 0.2) is 0 Å². The van der Waals surface area contributed by atoms with Crippen molar-refractivity contribution in [1.29, 1.82) is 0 Å². The lowest BCUT2D eigenvalue weighted by atomic mass is 10.1. The number of nitrogens with one attached hydrogen (secondary N) is 2. The number of rotatable bonds is 7. The van der Waals surface area contributed by atoms with Crippen LogP contribution in [-0.4, -0.2) is 16.5 Å². The van der Waals surface area contributed by atoms with Gasteiger partial charge >= 0.3 is 0 Å². The van der Waals surface area contributed by atoms with E-state index in [1.165, 1.54) is 30.4 Å². The molecule has 0 unspecified atom stereocenters. The third-order valence-corrected chi connectivity index (χ3v) is 3.53. The van der Waals surface area contributed by atoms with Crippen molar-refractivity contribution >= 4 is 17.3 Å². The number of anilines is 3. The van der Waals surface area contributed by atoms with Gasteiger partial charge in [0, 0.05) is 18.3 Å². The summed E-state index contributed by atoms with van der Waals surface area (Å²) in [7, 11) is 0. The summed E-state index contributed by atoms with van der Waals surface area (Å²) in [4.78, 5) is 8.52. The van der Waals surface area contributed by atoms with E-state index < -0.39 is 0 Å². The van der Waals surface area contributed by atoms with Crippen LogP contribution in [0.25, 0.3) is 0 Å². The van der Waals surface area contributed by atoms with E-state index in [0.29, 0.717) is 0 Å². The van der Waals surface area contributed by atoms with Gasteiger partial charge in [0.25, 0.3) is 0 Å². The van der Waals surface area contributed by atoms with Gasteiger partial charge in [0.05, 0.1) is 0 Å². The summed E-state index contributed by atoms with van der Waals surface area (Å²) in [5.41, 5.74) is 3.61. The zero-order chi connectivity index (χ0) is 15.1. The summed E-state index contributed by atoms with van der Waals surface area (Å²) in [5.74, 6) is 1.68. The first kappa shape index (κ1) is 15.3. The normalized spacial score (nSPS) is 10.4. The van der Waals surface area contributed by atoms with E-state index in [9.17, 15) is 0 Å². The Bertz CT molecular complexity index is 581. The van der Waals surface area contributed by atoms with Gasteiger partial charge in [-0.05, 0) is 43.5 Å². The molecule has 2 rings (SSSR count). The highest BCUT2D eigenvalue weighted by molar-refractivity contribution is 5.60. The van der Waals surface area contributed by atoms with Crippen molar-refractivity contribution in [3.63, 3.8) is 0 Å². The second kappa shape index (κ2) is 7.62. The molecule has 2 aromatic rings. The predicted octanol–water partition coefficient (Wildman–Crippen LogP) is 4.44. The number of aromatic nitrogens is 2. The van der Waals surface area contributed by atoms with Crippen molar-refractivity contribution in [2.24, 2.45) is 0 Å². The minimum atomic E-state index is 0.811. The number of unbranched alkanes of at least 4 members (excludes halogenated alkanes) is 2. The third kappa shape index (κ3) is 4.74. The Balaban J connectivity index is 1.98. The number of hydrogen-bond acceptors (Lipinski definition) is 4. The summed E-state index contributed by atoms with van der Waals surface area (Å²) in [6.45, 7) is 7.38. The molecule has 112 valence electrons. The molecule has 0 bridgehead atoms. The Morgan fingerprint density at radius 2 is 1.76 bits per heavy atom. The fourth-order valence-electron chi connectivity index (χ4n) is 2.08. The Kier molecular flexibility index (Phi) is 5.55. The van der Waals surface area contributed by atoms with E-state index in [1.54, 1.807) is 6.33 Å². The van der Waals surface area contributed by atoms with Gasteiger partial charge in [-0.2, -0.15) is 0 Å². The van der Waals surface area contributed by atoms with E-state index in [0.717, 1.165) is 23.9 Å². The lowest BCUT2D eigenvalue weighted by Crippen LogP contribution is -2.04. The minimum absolute atomic E-state index is 0.811. The van der Waals surface area contributed by atoms with Crippen molar-refractivity contribution in [1.82, 2.24) is 9.97 Å². The van der Waals surface area contributed by atoms with Crippen LogP contribution in [0, 0.1) is 13.8 Å². The van der Waals surface area contributed by atoms with E-state index in [2.05, 4.69) is 59.6 Å². The fourth-order valence-corrected chi connectivity index (χ4v) is 2.08. The molecule has 0 saturated carbocycles. The predicted molar refractivity (Wildman–Crippen MR) is 89.2 cm³/mol. The number of nitrogens with zero attached hydrogens (tertiary/aromatic N) is 2. The second-order valence-corrected chi connectivity index (χ2v) is 5.35. The molecule has 0 spiro atoms. The Morgan fingerprint density at radius 1 is 0.952 bits per heavy atom. The molecule has 0 saturated heterocycles. The van der Waals surface area contributed by atoms with Gasteiger partial charge < -0.3 is 10.6 Å². The molecule has 0 aliphatic rings. The van der Waals surface area contributed by atoms with Gasteiger partial charge in [-0.25, -0.2) is 9.97 Å². The number of aryl methyl sites for hydroxylation is 2. The molecule has 4 heteroatoms. The van der Waals surface area contributed by atoms with Crippen LogP contribution in [0.5, 0.6) is 0 Å². The molecule has 0 fully saturated rings. The Labute approximate surface area is 127 Å². The van der Waals surface area contributed by atoms with Crippen LogP contribution in [0.2, 0.25) is 0 Å². The summed E-state index contributed by atoms with van der Waals surface area (Å²) < 4.78 is 0. The van der Waals surface area contributed by atoms with E-state index in [1.807, 2.05) is 6.07 Å². The SMILES string of the molecule is CCCCCNc1cc(Nc2ccc(C)c(C)c2)ncn1. The topological polar surface area (TPSA) is 49.8 Å². The van der Waals surface area contributed by atoms with Crippen molar-refractivity contribution in [3.8, 4) is 0 Å². The summed E-state index contributed by atoms with van der Waals surface area (Å²) >= 11 is 0. The number of hydrogen-bond donors (Lipinski definition) is 2. The minimum Gasteiger partial charge on any atom is -0.370 e. The molecule has 0 aliphatic carbocycles. The molecule has 21 heavy (non-hydrogen) atoms. The van der Waals surface area contributed by atoms with Crippen LogP contribution in [0.3, 0.4) is 0 Å². The molecular formula is C17H24N4. The molecule has 1 heterocycles. The smallest absolute Gasteiger partial charge is 0.135 e. The van der Waals surface area contributed by atoms with Crippen LogP contribution < -0.4 is 10.6 Å². The quantitative estimate of drug-likeness (QED) is 0.738. The maximum absolute atomic E-state index is 4.27. The summed E-state index contributed by atoms with van der Waals surface area (Å²) in [6, 6.07) is 8.26. The third-order valence-electron chi connectivity index (χ3n) is 3.53. The monoisotopic (exact) mass is 284 g/mol. The van der Waals surface area contributed by atoms with Gasteiger partial charge in [-0.1, -0.05) is 25.8 Å². The van der Waals surface area contributed by atoms with Crippen molar-refractivity contribution in [2.75, 3.05) is 17.2 Å². The van der Waals surface area contributed by atoms with Crippen LogP contribution in [0.1, 0.15) is 37.3 Å². The molecule has 0 atom stereocenters. The molecule has 2 N–H and O–H groups in total. The highest BCUT2D eigenvalue weighted by Gasteiger charge is 2.01. The van der Waals surface area contributed by atoms with Gasteiger partial charge in [0.2, 0.25) is 0 Å². The van der Waals surface area contributed by atoms with Crippen molar-refractivity contribution in [3.05, 3.63) is 41.7 Å². The van der Waals surface area contributed by atoms with Gasteiger partial charge in [-0.15, -0.1) is 0 Å². The summed E-state index contributed by atoms with van der Waals surface area (Å²) in [5, 5.41) is 6.66. The van der Waals surface area contributed by atoms with Crippen LogP contribution in [0.4, 0.5) is 17.3 Å². The zero-order valence-electron chi connectivity index (χ0n) is 13.1. The van der Waals surface area contributed by atoms with Gasteiger partial charge in [0.1, 0.15) is 18.0 Å². The van der Waals surface area contributed by atoms with Crippen LogP contribution in [-0.2, 0) is 0 Å². The van der Waals surface area contributed by atoms with Crippen molar-refractivity contribution in [2.45, 2.75) is 40.0 Å². The van der Waals surface area contributed by atoms with Crippen LogP contribution in [0.15, 0.2) is 30.6 Å². The number of benzene rings is 1. The maximum Gasteiger partial charge on any atom is 0.135 e. The molecule has 0 aliphatic heterocycles. The Morgan fingerprint density at radius 3 is 2.52 bits per heavy atom. The molecule has 0 radical (unpaired) electrons. The summed E-state index contributed by atoms with van der Waals surface area (Å²) in [6.07, 6.45) is 5.23. The fraction of sp³-hybridized carbons (Fsp3) is 0.412. The van der Waals surface area contributed by atoms with E-state index in [-0.39, 0.29) is 0 Å². The molecular weight excluding hydrogens is 260 g/mol. The highest BCUT2D eigenvalue weighted by Crippen LogP contribution is 2.19. The largest absolute Gasteiger partial charge is 0.370 e. The first-order valence-electron chi connectivity index (χ1n) is 7.59. The zero-order valence-corrected chi connectivity index (χ0v) is 13.1. The second-order valence-electron chi connectivity index (χ2n) is 5.35. The Hall–Kier alpha value is -2.10. The van der Waals surface area contributed by atoms with E-state index >= 15 is 0 Å². The maximum atomic E-state index is 4.27. The highest BCUT2D eigenvalue weighted by atomic mass is 15.1. The van der Waals surface area contributed by atoms with Gasteiger partial charge in [-0.3, -0.25) is 0 Å². The average Bonchev–Trinajstić information content (AvgIpc) is 2.48. The first-order valence-corrected chi connectivity index (χ1v) is 7.59. The lowest BCUT2D eigenvalue weighted by molar-refractivity contribution is 0.742. The molecule has 4 nitrogen and oxygen atoms in total. The molecule has 0 amide bonds. The van der Waals surface area contributed by atoms with Crippen molar-refractivity contribution < 1.29 is 0 Å². The lowest BCUT2D eigenvalue weighted by Gasteiger charge is -2.10. The molecule has 1 aromatic carbocycles. The standard InChI is InChI=1S/C17H24N4/c1-4-5-6-9-18-16-11-17(20-12-19-16)21-15-8-7-13(2)14(3)10-15/h7-8,10-12H,4-6,9H2,1-3H3,(H2,18,19,20,21). The average molecular weight is 284 g/mol.